The van der Waals surface area contributed by atoms with E-state index in [0.29, 0.717) is 15.7 Å². The average Bonchev–Trinajstić information content (AvgIpc) is 2.57. The molecular formula is C18H21Cl2N2OS+. The van der Waals surface area contributed by atoms with Crippen molar-refractivity contribution < 1.29 is 9.69 Å². The van der Waals surface area contributed by atoms with E-state index >= 15 is 0 Å². The van der Waals surface area contributed by atoms with E-state index in [4.69, 9.17) is 23.2 Å². The molecule has 2 rings (SSSR count). The highest BCUT2D eigenvalue weighted by Crippen LogP contribution is 2.25. The van der Waals surface area contributed by atoms with Gasteiger partial charge in [-0.05, 0) is 43.5 Å². The van der Waals surface area contributed by atoms with Crippen LogP contribution in [0.25, 0.3) is 0 Å². The Labute approximate surface area is 157 Å². The maximum atomic E-state index is 12.5. The lowest BCUT2D eigenvalue weighted by Gasteiger charge is -2.21. The molecule has 0 bridgehead atoms. The maximum absolute atomic E-state index is 12.5. The summed E-state index contributed by atoms with van der Waals surface area (Å²) in [7, 11) is 2.01. The zero-order valence-electron chi connectivity index (χ0n) is 13.9. The molecule has 0 heterocycles. The summed E-state index contributed by atoms with van der Waals surface area (Å²) in [5.74, 6) is -0.0718. The summed E-state index contributed by atoms with van der Waals surface area (Å²) >= 11 is 13.7. The normalized spacial score (nSPS) is 13.4. The third kappa shape index (κ3) is 5.15. The van der Waals surface area contributed by atoms with Gasteiger partial charge in [-0.3, -0.25) is 4.79 Å². The average molecular weight is 384 g/mol. The number of thioether (sulfide) groups is 1. The Kier molecular flexibility index (Phi) is 6.99. The second-order valence-electron chi connectivity index (χ2n) is 5.71. The number of carbonyl (C=O) groups excluding carboxylic acids is 1. The van der Waals surface area contributed by atoms with Gasteiger partial charge in [0.05, 0.1) is 17.8 Å². The number of amides is 1. The van der Waals surface area contributed by atoms with Gasteiger partial charge in [0.25, 0.3) is 5.91 Å². The van der Waals surface area contributed by atoms with E-state index in [-0.39, 0.29) is 11.9 Å². The lowest BCUT2D eigenvalue weighted by molar-refractivity contribution is -0.907. The van der Waals surface area contributed by atoms with Crippen molar-refractivity contribution in [3.05, 3.63) is 58.1 Å². The van der Waals surface area contributed by atoms with Gasteiger partial charge in [-0.1, -0.05) is 35.3 Å². The van der Waals surface area contributed by atoms with Crippen molar-refractivity contribution >= 4 is 46.6 Å². The minimum atomic E-state index is -0.211. The molecule has 6 heteroatoms. The SMILES string of the molecule is CSc1ccc(C[NH+](C)[C@H](C)C(=O)Nc2ccc(Cl)cc2Cl)cc1. The number of likely N-dealkylation sites (N-methyl/N-ethyl adjacent to an activating group) is 1. The van der Waals surface area contributed by atoms with Crippen LogP contribution in [0.15, 0.2) is 47.4 Å². The number of nitrogens with one attached hydrogen (secondary N) is 2. The van der Waals surface area contributed by atoms with Crippen molar-refractivity contribution in [3.8, 4) is 0 Å². The van der Waals surface area contributed by atoms with Crippen LogP contribution in [-0.4, -0.2) is 25.3 Å². The lowest BCUT2D eigenvalue weighted by atomic mass is 10.2. The summed E-state index contributed by atoms with van der Waals surface area (Å²) in [5.41, 5.74) is 1.78. The molecule has 1 amide bonds. The van der Waals surface area contributed by atoms with E-state index in [1.165, 1.54) is 10.5 Å². The summed E-state index contributed by atoms with van der Waals surface area (Å²) in [6.07, 6.45) is 2.06. The number of hydrogen-bond acceptors (Lipinski definition) is 2. The first-order valence-corrected chi connectivity index (χ1v) is 9.60. The molecule has 0 spiro atoms. The van der Waals surface area contributed by atoms with Crippen LogP contribution in [0.2, 0.25) is 10.0 Å². The molecule has 24 heavy (non-hydrogen) atoms. The summed E-state index contributed by atoms with van der Waals surface area (Å²) in [6, 6.07) is 13.2. The Bertz CT molecular complexity index is 707. The predicted octanol–water partition coefficient (Wildman–Crippen LogP) is 3.76. The van der Waals surface area contributed by atoms with E-state index in [2.05, 4.69) is 35.8 Å². The molecule has 0 saturated carbocycles. The number of benzene rings is 2. The first kappa shape index (κ1) is 19.1. The largest absolute Gasteiger partial charge is 0.324 e. The second-order valence-corrected chi connectivity index (χ2v) is 7.43. The van der Waals surface area contributed by atoms with Crippen LogP contribution in [-0.2, 0) is 11.3 Å². The van der Waals surface area contributed by atoms with Gasteiger partial charge < -0.3 is 10.2 Å². The van der Waals surface area contributed by atoms with Crippen molar-refractivity contribution in [1.82, 2.24) is 0 Å². The van der Waals surface area contributed by atoms with Gasteiger partial charge in [-0.15, -0.1) is 11.8 Å². The molecule has 0 aromatic heterocycles. The molecule has 2 atom stereocenters. The fourth-order valence-electron chi connectivity index (χ4n) is 2.27. The van der Waals surface area contributed by atoms with E-state index in [1.54, 1.807) is 30.0 Å². The third-order valence-electron chi connectivity index (χ3n) is 3.96. The number of hydrogen-bond donors (Lipinski definition) is 2. The lowest BCUT2D eigenvalue weighted by Crippen LogP contribution is -3.12. The highest BCUT2D eigenvalue weighted by molar-refractivity contribution is 7.98. The van der Waals surface area contributed by atoms with Crippen molar-refractivity contribution in [3.63, 3.8) is 0 Å². The molecule has 0 saturated heterocycles. The predicted molar refractivity (Wildman–Crippen MR) is 103 cm³/mol. The van der Waals surface area contributed by atoms with Crippen LogP contribution in [0.4, 0.5) is 5.69 Å². The van der Waals surface area contributed by atoms with Crippen LogP contribution in [0.1, 0.15) is 12.5 Å². The fraction of sp³-hybridized carbons (Fsp3) is 0.278. The first-order chi connectivity index (χ1) is 11.4. The Hall–Kier alpha value is -1.20. The van der Waals surface area contributed by atoms with Gasteiger partial charge in [0, 0.05) is 15.5 Å². The van der Waals surface area contributed by atoms with Crippen molar-refractivity contribution in [1.29, 1.82) is 0 Å². The van der Waals surface area contributed by atoms with Crippen LogP contribution < -0.4 is 10.2 Å². The summed E-state index contributed by atoms with van der Waals surface area (Å²) in [6.45, 7) is 2.68. The monoisotopic (exact) mass is 383 g/mol. The number of anilines is 1. The molecule has 0 radical (unpaired) electrons. The van der Waals surface area contributed by atoms with Gasteiger partial charge in [-0.25, -0.2) is 0 Å². The number of carbonyl (C=O) groups is 1. The molecule has 0 aliphatic carbocycles. The van der Waals surface area contributed by atoms with E-state index in [9.17, 15) is 4.79 Å². The molecular weight excluding hydrogens is 363 g/mol. The van der Waals surface area contributed by atoms with Crippen LogP contribution in [0, 0.1) is 0 Å². The molecule has 2 aromatic carbocycles. The quantitative estimate of drug-likeness (QED) is 0.744. The molecule has 1 unspecified atom stereocenters. The number of rotatable bonds is 6. The highest BCUT2D eigenvalue weighted by atomic mass is 35.5. The topological polar surface area (TPSA) is 33.5 Å². The van der Waals surface area contributed by atoms with Crippen molar-refractivity contribution in [2.24, 2.45) is 0 Å². The van der Waals surface area contributed by atoms with Crippen molar-refractivity contribution in [2.75, 3.05) is 18.6 Å². The van der Waals surface area contributed by atoms with E-state index in [1.807, 2.05) is 14.0 Å². The fourth-order valence-corrected chi connectivity index (χ4v) is 3.14. The minimum absolute atomic E-state index is 0.0718. The van der Waals surface area contributed by atoms with Gasteiger partial charge in [0.1, 0.15) is 6.54 Å². The summed E-state index contributed by atoms with van der Waals surface area (Å²) in [5, 5.41) is 3.85. The first-order valence-electron chi connectivity index (χ1n) is 7.62. The Morgan fingerprint density at radius 1 is 1.21 bits per heavy atom. The van der Waals surface area contributed by atoms with E-state index in [0.717, 1.165) is 11.4 Å². The number of halogens is 2. The van der Waals surface area contributed by atoms with Gasteiger partial charge in [-0.2, -0.15) is 0 Å². The van der Waals surface area contributed by atoms with Crippen LogP contribution in [0.3, 0.4) is 0 Å². The number of quaternary nitrogens is 1. The molecule has 2 aromatic rings. The molecule has 0 aliphatic rings. The smallest absolute Gasteiger partial charge is 0.282 e. The van der Waals surface area contributed by atoms with E-state index < -0.39 is 0 Å². The van der Waals surface area contributed by atoms with Gasteiger partial charge >= 0.3 is 0 Å². The zero-order valence-corrected chi connectivity index (χ0v) is 16.2. The molecule has 0 fully saturated rings. The molecule has 3 nitrogen and oxygen atoms in total. The third-order valence-corrected chi connectivity index (χ3v) is 5.25. The molecule has 2 N–H and O–H groups in total. The molecule has 0 aliphatic heterocycles. The van der Waals surface area contributed by atoms with Crippen LogP contribution in [0.5, 0.6) is 0 Å². The molecule has 128 valence electrons. The summed E-state index contributed by atoms with van der Waals surface area (Å²) in [4.78, 5) is 14.8. The van der Waals surface area contributed by atoms with Gasteiger partial charge in [0.15, 0.2) is 6.04 Å². The van der Waals surface area contributed by atoms with Crippen LogP contribution >= 0.6 is 35.0 Å². The second kappa shape index (κ2) is 8.77. The highest BCUT2D eigenvalue weighted by Gasteiger charge is 2.22. The Balaban J connectivity index is 1.98. The maximum Gasteiger partial charge on any atom is 0.282 e. The Morgan fingerprint density at radius 2 is 1.88 bits per heavy atom. The minimum Gasteiger partial charge on any atom is -0.324 e. The standard InChI is InChI=1S/C18H20Cl2N2OS/c1-12(18(23)21-17-9-6-14(19)10-16(17)20)22(2)11-13-4-7-15(24-3)8-5-13/h4-10,12H,11H2,1-3H3,(H,21,23)/p+1/t12-/m1/s1. The zero-order chi connectivity index (χ0) is 17.7. The summed E-state index contributed by atoms with van der Waals surface area (Å²) < 4.78 is 0. The van der Waals surface area contributed by atoms with Crippen molar-refractivity contribution in [2.45, 2.75) is 24.4 Å². The van der Waals surface area contributed by atoms with Gasteiger partial charge in [0.2, 0.25) is 0 Å². The Morgan fingerprint density at radius 3 is 2.46 bits per heavy atom.